The summed E-state index contributed by atoms with van der Waals surface area (Å²) in [6, 6.07) is 0. The van der Waals surface area contributed by atoms with Crippen LogP contribution in [0.3, 0.4) is 0 Å². The van der Waals surface area contributed by atoms with E-state index in [-0.39, 0.29) is 11.5 Å². The summed E-state index contributed by atoms with van der Waals surface area (Å²) in [5, 5.41) is 0. The Hall–Kier alpha value is -1.76. The molecule has 0 atom stereocenters. The third kappa shape index (κ3) is 3.83. The minimum atomic E-state index is -0.0776. The maximum Gasteiger partial charge on any atom is 0.330 e. The summed E-state index contributed by atoms with van der Waals surface area (Å²) in [5.41, 5.74) is 1.35. The van der Waals surface area contributed by atoms with Crippen molar-refractivity contribution in [3.8, 4) is 0 Å². The number of hydrogen-bond acceptors (Lipinski definition) is 4. The van der Waals surface area contributed by atoms with Crippen LogP contribution in [0.2, 0.25) is 0 Å². The van der Waals surface area contributed by atoms with Crippen LogP contribution < -0.4 is 5.69 Å². The normalized spacial score (nSPS) is 11.3. The predicted molar refractivity (Wildman–Crippen MR) is 97.9 cm³/mol. The average molecular weight is 350 g/mol. The highest BCUT2D eigenvalue weighted by molar-refractivity contribution is 7.71. The van der Waals surface area contributed by atoms with E-state index in [2.05, 4.69) is 18.8 Å². The standard InChI is InChI=1S/C17H26N4O2S/c1-4-6-9-20-15-14(19(12-18-15)11-8-13(3)22)16(24)21(17(20)23)10-7-5-2/h12H,4-11H2,1-3H3. The molecule has 2 aromatic rings. The number of aromatic nitrogens is 4. The van der Waals surface area contributed by atoms with E-state index < -0.39 is 0 Å². The monoisotopic (exact) mass is 350 g/mol. The van der Waals surface area contributed by atoms with E-state index in [0.717, 1.165) is 31.2 Å². The first kappa shape index (κ1) is 18.6. The average Bonchev–Trinajstić information content (AvgIpc) is 2.97. The van der Waals surface area contributed by atoms with Crippen molar-refractivity contribution in [3.63, 3.8) is 0 Å². The highest BCUT2D eigenvalue weighted by Crippen LogP contribution is 2.15. The topological polar surface area (TPSA) is 61.8 Å². The van der Waals surface area contributed by atoms with Crippen LogP contribution in [0.1, 0.15) is 52.9 Å². The molecule has 0 amide bonds. The summed E-state index contributed by atoms with van der Waals surface area (Å²) in [6.07, 6.45) is 5.95. The Morgan fingerprint density at radius 1 is 1.12 bits per heavy atom. The number of carbonyl (C=O) groups is 1. The molecule has 0 saturated carbocycles. The largest absolute Gasteiger partial charge is 0.330 e. The maximum atomic E-state index is 12.8. The molecule has 0 aliphatic carbocycles. The molecule has 2 aromatic heterocycles. The van der Waals surface area contributed by atoms with Crippen LogP contribution in [-0.4, -0.2) is 24.5 Å². The van der Waals surface area contributed by atoms with Crippen LogP contribution in [0, 0.1) is 4.64 Å². The van der Waals surface area contributed by atoms with Gasteiger partial charge in [0, 0.05) is 26.1 Å². The van der Waals surface area contributed by atoms with E-state index in [0.29, 0.717) is 36.3 Å². The van der Waals surface area contributed by atoms with E-state index in [9.17, 15) is 9.59 Å². The molecule has 0 N–H and O–H groups in total. The zero-order valence-electron chi connectivity index (χ0n) is 14.7. The van der Waals surface area contributed by atoms with Crippen molar-refractivity contribution in [2.24, 2.45) is 0 Å². The van der Waals surface area contributed by atoms with Crippen molar-refractivity contribution >= 4 is 29.2 Å². The highest BCUT2D eigenvalue weighted by Gasteiger charge is 2.15. The zero-order chi connectivity index (χ0) is 17.7. The van der Waals surface area contributed by atoms with Gasteiger partial charge in [0.15, 0.2) is 5.65 Å². The molecule has 7 heteroatoms. The highest BCUT2D eigenvalue weighted by atomic mass is 32.1. The SMILES string of the molecule is CCCCn1c(=S)c2c(ncn2CCC(C)=O)n(CCCC)c1=O. The maximum absolute atomic E-state index is 12.8. The molecule has 0 radical (unpaired) electrons. The number of fused-ring (bicyclic) bond motifs is 1. The molecule has 0 spiro atoms. The van der Waals surface area contributed by atoms with Crippen molar-refractivity contribution < 1.29 is 4.79 Å². The van der Waals surface area contributed by atoms with E-state index in [4.69, 9.17) is 12.2 Å². The summed E-state index contributed by atoms with van der Waals surface area (Å²) in [5.74, 6) is 0.126. The van der Waals surface area contributed by atoms with Crippen LogP contribution in [0.5, 0.6) is 0 Å². The van der Waals surface area contributed by atoms with Crippen molar-refractivity contribution in [3.05, 3.63) is 21.5 Å². The molecule has 0 fully saturated rings. The number of rotatable bonds is 9. The lowest BCUT2D eigenvalue weighted by Crippen LogP contribution is -2.32. The third-order valence-electron chi connectivity index (χ3n) is 4.16. The number of hydrogen-bond donors (Lipinski definition) is 0. The number of ketones is 1. The van der Waals surface area contributed by atoms with E-state index in [1.807, 2.05) is 4.57 Å². The number of Topliss-reactive ketones (excluding diaryl/α,β-unsaturated/α-hetero) is 1. The lowest BCUT2D eigenvalue weighted by atomic mass is 10.3. The van der Waals surface area contributed by atoms with E-state index in [1.54, 1.807) is 22.4 Å². The summed E-state index contributed by atoms with van der Waals surface area (Å²) in [6.45, 7) is 7.56. The lowest BCUT2D eigenvalue weighted by molar-refractivity contribution is -0.117. The van der Waals surface area contributed by atoms with Crippen LogP contribution in [0.15, 0.2) is 11.1 Å². The van der Waals surface area contributed by atoms with Crippen LogP contribution in [-0.2, 0) is 24.4 Å². The lowest BCUT2D eigenvalue weighted by Gasteiger charge is -2.13. The Morgan fingerprint density at radius 3 is 2.33 bits per heavy atom. The fourth-order valence-electron chi connectivity index (χ4n) is 2.72. The Labute approximate surface area is 147 Å². The first-order valence-electron chi connectivity index (χ1n) is 8.69. The number of carbonyl (C=O) groups excluding carboxylic acids is 1. The molecule has 2 heterocycles. The van der Waals surface area contributed by atoms with Gasteiger partial charge in [-0.1, -0.05) is 38.9 Å². The number of unbranched alkanes of at least 4 members (excludes halogenated alkanes) is 2. The molecule has 0 aromatic carbocycles. The minimum Gasteiger partial charge on any atom is -0.326 e. The van der Waals surface area contributed by atoms with Crippen molar-refractivity contribution in [1.82, 2.24) is 18.7 Å². The molecular formula is C17H26N4O2S. The van der Waals surface area contributed by atoms with Gasteiger partial charge in [0.25, 0.3) is 0 Å². The summed E-state index contributed by atoms with van der Waals surface area (Å²) >= 11 is 5.59. The Morgan fingerprint density at radius 2 is 1.75 bits per heavy atom. The molecule has 0 aliphatic rings. The Kier molecular flexibility index (Phi) is 6.48. The van der Waals surface area contributed by atoms with Crippen LogP contribution in [0.25, 0.3) is 11.2 Å². The summed E-state index contributed by atoms with van der Waals surface area (Å²) in [7, 11) is 0. The second-order valence-corrected chi connectivity index (χ2v) is 6.55. The van der Waals surface area contributed by atoms with E-state index >= 15 is 0 Å². The van der Waals surface area contributed by atoms with Gasteiger partial charge >= 0.3 is 5.69 Å². The third-order valence-corrected chi connectivity index (χ3v) is 4.57. The quantitative estimate of drug-likeness (QED) is 0.651. The van der Waals surface area contributed by atoms with Gasteiger partial charge in [-0.2, -0.15) is 0 Å². The molecule has 0 unspecified atom stereocenters. The van der Waals surface area contributed by atoms with Gasteiger partial charge in [0.05, 0.1) is 6.33 Å². The number of imidazole rings is 1. The Bertz CT molecular complexity index is 831. The van der Waals surface area contributed by atoms with Gasteiger partial charge in [-0.25, -0.2) is 9.78 Å². The molecule has 0 saturated heterocycles. The molecule has 0 bridgehead atoms. The van der Waals surface area contributed by atoms with Gasteiger partial charge in [0.1, 0.15) is 15.9 Å². The fourth-order valence-corrected chi connectivity index (χ4v) is 3.10. The first-order valence-corrected chi connectivity index (χ1v) is 9.10. The number of aryl methyl sites for hydroxylation is 2. The van der Waals surface area contributed by atoms with Gasteiger partial charge < -0.3 is 4.57 Å². The second-order valence-electron chi connectivity index (χ2n) is 6.16. The predicted octanol–water partition coefficient (Wildman–Crippen LogP) is 3.31. The van der Waals surface area contributed by atoms with Crippen LogP contribution in [0.4, 0.5) is 0 Å². The molecule has 6 nitrogen and oxygen atoms in total. The van der Waals surface area contributed by atoms with Gasteiger partial charge in [0.2, 0.25) is 0 Å². The zero-order valence-corrected chi connectivity index (χ0v) is 15.6. The summed E-state index contributed by atoms with van der Waals surface area (Å²) < 4.78 is 5.85. The van der Waals surface area contributed by atoms with Gasteiger partial charge in [-0.05, 0) is 19.8 Å². The van der Waals surface area contributed by atoms with Crippen molar-refractivity contribution in [2.45, 2.75) is 72.5 Å². The Balaban J connectivity index is 2.63. The molecular weight excluding hydrogens is 324 g/mol. The first-order chi connectivity index (χ1) is 11.5. The fraction of sp³-hybridized carbons (Fsp3) is 0.647. The number of nitrogens with zero attached hydrogens (tertiary/aromatic N) is 4. The van der Waals surface area contributed by atoms with Gasteiger partial charge in [-0.15, -0.1) is 0 Å². The molecule has 24 heavy (non-hydrogen) atoms. The molecule has 132 valence electrons. The smallest absolute Gasteiger partial charge is 0.326 e. The molecule has 2 rings (SSSR count). The van der Waals surface area contributed by atoms with Crippen LogP contribution >= 0.6 is 12.2 Å². The summed E-state index contributed by atoms with van der Waals surface area (Å²) in [4.78, 5) is 28.6. The van der Waals surface area contributed by atoms with Crippen molar-refractivity contribution in [1.29, 1.82) is 0 Å². The minimum absolute atomic E-state index is 0.0776. The van der Waals surface area contributed by atoms with Gasteiger partial charge in [-0.3, -0.25) is 13.9 Å². The molecule has 0 aliphatic heterocycles. The van der Waals surface area contributed by atoms with E-state index in [1.165, 1.54) is 0 Å². The second kappa shape index (κ2) is 8.37. The van der Waals surface area contributed by atoms with Crippen molar-refractivity contribution in [2.75, 3.05) is 0 Å².